The van der Waals surface area contributed by atoms with Crippen molar-refractivity contribution in [1.82, 2.24) is 10.2 Å². The van der Waals surface area contributed by atoms with Crippen molar-refractivity contribution in [2.24, 2.45) is 5.92 Å². The lowest BCUT2D eigenvalue weighted by atomic mass is 9.83. The molecule has 28 heavy (non-hydrogen) atoms. The molecule has 2 aliphatic rings. The largest absolute Gasteiger partial charge is 0.416 e. The summed E-state index contributed by atoms with van der Waals surface area (Å²) in [7, 11) is 0. The van der Waals surface area contributed by atoms with E-state index in [1.807, 2.05) is 6.07 Å². The van der Waals surface area contributed by atoms with Gasteiger partial charge in [0.25, 0.3) is 0 Å². The van der Waals surface area contributed by atoms with Crippen molar-refractivity contribution in [2.75, 3.05) is 19.6 Å². The zero-order valence-corrected chi connectivity index (χ0v) is 16.6. The fourth-order valence-corrected chi connectivity index (χ4v) is 4.71. The summed E-state index contributed by atoms with van der Waals surface area (Å²) >= 11 is 0. The Balaban J connectivity index is 1.40. The molecule has 0 unspecified atom stereocenters. The predicted molar refractivity (Wildman–Crippen MR) is 104 cm³/mol. The second kappa shape index (κ2) is 9.29. The fourth-order valence-electron chi connectivity index (χ4n) is 4.71. The molecule has 1 N–H and O–H groups in total. The number of carbonyl (C=O) groups is 1. The van der Waals surface area contributed by atoms with Crippen molar-refractivity contribution >= 4 is 5.91 Å². The molecule has 1 amide bonds. The average Bonchev–Trinajstić information content (AvgIpc) is 2.67. The van der Waals surface area contributed by atoms with E-state index in [0.717, 1.165) is 62.9 Å². The number of nitrogens with zero attached hydrogens (tertiary/aromatic N) is 1. The van der Waals surface area contributed by atoms with Crippen LogP contribution in [0.4, 0.5) is 13.2 Å². The van der Waals surface area contributed by atoms with Crippen molar-refractivity contribution in [2.45, 2.75) is 70.0 Å². The van der Waals surface area contributed by atoms with Gasteiger partial charge in [-0.15, -0.1) is 0 Å². The molecule has 0 radical (unpaired) electrons. The number of piperidine rings is 1. The third-order valence-corrected chi connectivity index (χ3v) is 6.38. The molecule has 1 saturated heterocycles. The van der Waals surface area contributed by atoms with Crippen LogP contribution in [0.25, 0.3) is 0 Å². The second-order valence-electron chi connectivity index (χ2n) is 8.45. The van der Waals surface area contributed by atoms with Gasteiger partial charge in [-0.3, -0.25) is 4.79 Å². The van der Waals surface area contributed by atoms with Gasteiger partial charge >= 0.3 is 6.18 Å². The molecule has 0 atom stereocenters. The van der Waals surface area contributed by atoms with Crippen LogP contribution in [0.5, 0.6) is 0 Å². The number of hydrogen-bond donors (Lipinski definition) is 1. The van der Waals surface area contributed by atoms with E-state index in [0.29, 0.717) is 6.04 Å². The Morgan fingerprint density at radius 2 is 1.79 bits per heavy atom. The Morgan fingerprint density at radius 3 is 2.39 bits per heavy atom. The van der Waals surface area contributed by atoms with Crippen LogP contribution in [0.3, 0.4) is 0 Å². The normalized spacial score (nSPS) is 24.9. The SMILES string of the molecule is CC(=O)NC1CCC(CCN2CCC(c3cccc(C(F)(F)F)c3)CC2)CC1. The van der Waals surface area contributed by atoms with Crippen LogP contribution in [0.15, 0.2) is 24.3 Å². The van der Waals surface area contributed by atoms with Crippen LogP contribution in [-0.4, -0.2) is 36.5 Å². The van der Waals surface area contributed by atoms with Crippen LogP contribution in [-0.2, 0) is 11.0 Å². The quantitative estimate of drug-likeness (QED) is 0.762. The van der Waals surface area contributed by atoms with E-state index in [-0.39, 0.29) is 11.8 Å². The Morgan fingerprint density at radius 1 is 1.11 bits per heavy atom. The van der Waals surface area contributed by atoms with Crippen molar-refractivity contribution in [3.05, 3.63) is 35.4 Å². The number of halogens is 3. The summed E-state index contributed by atoms with van der Waals surface area (Å²) in [5.74, 6) is 1.02. The summed E-state index contributed by atoms with van der Waals surface area (Å²) in [6, 6.07) is 6.19. The van der Waals surface area contributed by atoms with Crippen LogP contribution in [0, 0.1) is 5.92 Å². The number of likely N-dealkylation sites (tertiary alicyclic amines) is 1. The van der Waals surface area contributed by atoms with Crippen LogP contribution < -0.4 is 5.32 Å². The minimum Gasteiger partial charge on any atom is -0.354 e. The van der Waals surface area contributed by atoms with Gasteiger partial charge in [0, 0.05) is 13.0 Å². The Labute approximate surface area is 165 Å². The molecule has 1 saturated carbocycles. The van der Waals surface area contributed by atoms with Crippen molar-refractivity contribution in [1.29, 1.82) is 0 Å². The van der Waals surface area contributed by atoms with E-state index in [4.69, 9.17) is 0 Å². The molecule has 2 fully saturated rings. The maximum Gasteiger partial charge on any atom is 0.416 e. The van der Waals surface area contributed by atoms with Gasteiger partial charge in [0.15, 0.2) is 0 Å². The molecule has 6 heteroatoms. The van der Waals surface area contributed by atoms with Crippen LogP contribution in [0.1, 0.15) is 68.9 Å². The Kier molecular flexibility index (Phi) is 7.02. The molecular weight excluding hydrogens is 365 g/mol. The number of carbonyl (C=O) groups excluding carboxylic acids is 1. The summed E-state index contributed by atoms with van der Waals surface area (Å²) in [6.45, 7) is 4.57. The highest BCUT2D eigenvalue weighted by atomic mass is 19.4. The lowest BCUT2D eigenvalue weighted by Gasteiger charge is -2.34. The van der Waals surface area contributed by atoms with Crippen molar-refractivity contribution in [3.8, 4) is 0 Å². The monoisotopic (exact) mass is 396 g/mol. The van der Waals surface area contributed by atoms with Gasteiger partial charge in [-0.25, -0.2) is 0 Å². The molecule has 1 aromatic carbocycles. The molecule has 3 nitrogen and oxygen atoms in total. The first kappa shape index (κ1) is 21.2. The maximum atomic E-state index is 12.9. The van der Waals surface area contributed by atoms with Gasteiger partial charge < -0.3 is 10.2 Å². The number of rotatable bonds is 5. The van der Waals surface area contributed by atoms with E-state index in [9.17, 15) is 18.0 Å². The minimum absolute atomic E-state index is 0.0621. The molecule has 0 bridgehead atoms. The highest BCUT2D eigenvalue weighted by molar-refractivity contribution is 5.73. The Bertz CT molecular complexity index is 645. The summed E-state index contributed by atoms with van der Waals surface area (Å²) in [4.78, 5) is 13.6. The first-order valence-corrected chi connectivity index (χ1v) is 10.5. The third-order valence-electron chi connectivity index (χ3n) is 6.38. The summed E-state index contributed by atoms with van der Waals surface area (Å²) in [6.07, 6.45) is 3.25. The topological polar surface area (TPSA) is 32.3 Å². The molecule has 1 aliphatic carbocycles. The van der Waals surface area contributed by atoms with Gasteiger partial charge in [0.2, 0.25) is 5.91 Å². The molecule has 3 rings (SSSR count). The van der Waals surface area contributed by atoms with E-state index >= 15 is 0 Å². The van der Waals surface area contributed by atoms with Gasteiger partial charge in [-0.2, -0.15) is 13.2 Å². The lowest BCUT2D eigenvalue weighted by molar-refractivity contribution is -0.137. The molecule has 1 heterocycles. The average molecular weight is 396 g/mol. The van der Waals surface area contributed by atoms with Crippen molar-refractivity contribution in [3.63, 3.8) is 0 Å². The number of nitrogens with one attached hydrogen (secondary N) is 1. The van der Waals surface area contributed by atoms with Crippen LogP contribution in [0.2, 0.25) is 0 Å². The van der Waals surface area contributed by atoms with E-state index in [1.54, 1.807) is 6.92 Å². The smallest absolute Gasteiger partial charge is 0.354 e. The highest BCUT2D eigenvalue weighted by Gasteiger charge is 2.31. The zero-order valence-electron chi connectivity index (χ0n) is 16.6. The first-order chi connectivity index (χ1) is 13.3. The number of hydrogen-bond acceptors (Lipinski definition) is 2. The van der Waals surface area contributed by atoms with Crippen molar-refractivity contribution < 1.29 is 18.0 Å². The lowest BCUT2D eigenvalue weighted by Crippen LogP contribution is -2.37. The fraction of sp³-hybridized carbons (Fsp3) is 0.682. The standard InChI is InChI=1S/C22H31F3N2O/c1-16(28)26-21-7-5-17(6-8-21)9-12-27-13-10-18(11-14-27)19-3-2-4-20(15-19)22(23,24)25/h2-4,15,17-18,21H,5-14H2,1H3,(H,26,28). The van der Waals surface area contributed by atoms with E-state index < -0.39 is 11.7 Å². The molecule has 1 aliphatic heterocycles. The molecule has 0 spiro atoms. The first-order valence-electron chi connectivity index (χ1n) is 10.5. The maximum absolute atomic E-state index is 12.9. The van der Waals surface area contributed by atoms with E-state index in [2.05, 4.69) is 10.2 Å². The highest BCUT2D eigenvalue weighted by Crippen LogP contribution is 2.34. The Hall–Kier alpha value is -1.56. The molecule has 1 aromatic rings. The number of alkyl halides is 3. The number of benzene rings is 1. The molecular formula is C22H31F3N2O. The molecule has 0 aromatic heterocycles. The van der Waals surface area contributed by atoms with E-state index in [1.165, 1.54) is 31.4 Å². The summed E-state index contributed by atoms with van der Waals surface area (Å²) < 4.78 is 38.8. The van der Waals surface area contributed by atoms with Gasteiger partial charge in [-0.1, -0.05) is 18.2 Å². The predicted octanol–water partition coefficient (Wildman–Crippen LogP) is 4.97. The zero-order chi connectivity index (χ0) is 20.1. The van der Waals surface area contributed by atoms with Gasteiger partial charge in [0.1, 0.15) is 0 Å². The second-order valence-corrected chi connectivity index (χ2v) is 8.45. The number of amides is 1. The van der Waals surface area contributed by atoms with Gasteiger partial charge in [-0.05, 0) is 88.0 Å². The summed E-state index contributed by atoms with van der Waals surface area (Å²) in [5.41, 5.74) is 0.285. The van der Waals surface area contributed by atoms with Crippen LogP contribution >= 0.6 is 0 Å². The minimum atomic E-state index is -4.27. The molecule has 156 valence electrons. The summed E-state index contributed by atoms with van der Waals surface area (Å²) in [5, 5.41) is 3.02. The third kappa shape index (κ3) is 5.97. The van der Waals surface area contributed by atoms with Gasteiger partial charge in [0.05, 0.1) is 5.56 Å².